The highest BCUT2D eigenvalue weighted by molar-refractivity contribution is 5.92. The SMILES string of the molecule is CCc1ccc(C(=O)NC2C3CCC(C3)C2C(=O)O)o1. The minimum atomic E-state index is -0.795. The number of aliphatic carboxylic acids is 1. The van der Waals surface area contributed by atoms with Crippen LogP contribution in [0, 0.1) is 17.8 Å². The second-order valence-corrected chi connectivity index (χ2v) is 5.82. The van der Waals surface area contributed by atoms with Gasteiger partial charge in [-0.2, -0.15) is 0 Å². The van der Waals surface area contributed by atoms with E-state index >= 15 is 0 Å². The highest BCUT2D eigenvalue weighted by atomic mass is 16.4. The molecule has 2 aliphatic carbocycles. The lowest BCUT2D eigenvalue weighted by atomic mass is 9.84. The van der Waals surface area contributed by atoms with E-state index in [0.717, 1.165) is 31.4 Å². The van der Waals surface area contributed by atoms with Crippen LogP contribution in [-0.2, 0) is 11.2 Å². The average molecular weight is 277 g/mol. The molecule has 0 aliphatic heterocycles. The molecular formula is C15H19NO4. The summed E-state index contributed by atoms with van der Waals surface area (Å²) in [6.07, 6.45) is 3.63. The summed E-state index contributed by atoms with van der Waals surface area (Å²) in [7, 11) is 0. The predicted molar refractivity (Wildman–Crippen MR) is 71.3 cm³/mol. The van der Waals surface area contributed by atoms with Crippen LogP contribution >= 0.6 is 0 Å². The summed E-state index contributed by atoms with van der Waals surface area (Å²) in [6, 6.07) is 3.18. The highest BCUT2D eigenvalue weighted by Gasteiger charge is 2.51. The first-order chi connectivity index (χ1) is 9.60. The average Bonchev–Trinajstić information content (AvgIpc) is 3.13. The number of furan rings is 1. The van der Waals surface area contributed by atoms with E-state index in [-0.39, 0.29) is 23.6 Å². The molecule has 2 saturated carbocycles. The smallest absolute Gasteiger partial charge is 0.308 e. The van der Waals surface area contributed by atoms with Crippen LogP contribution in [0.2, 0.25) is 0 Å². The van der Waals surface area contributed by atoms with Crippen LogP contribution in [0.3, 0.4) is 0 Å². The van der Waals surface area contributed by atoms with Crippen molar-refractivity contribution < 1.29 is 19.1 Å². The van der Waals surface area contributed by atoms with Crippen molar-refractivity contribution in [2.75, 3.05) is 0 Å². The van der Waals surface area contributed by atoms with E-state index in [1.54, 1.807) is 12.1 Å². The molecule has 1 amide bonds. The Hall–Kier alpha value is -1.78. The third kappa shape index (κ3) is 2.11. The number of rotatable bonds is 4. The van der Waals surface area contributed by atoms with E-state index in [1.807, 2.05) is 6.92 Å². The number of carbonyl (C=O) groups is 2. The lowest BCUT2D eigenvalue weighted by Gasteiger charge is -2.28. The van der Waals surface area contributed by atoms with Gasteiger partial charge in [-0.25, -0.2) is 0 Å². The molecule has 1 aromatic heterocycles. The minimum Gasteiger partial charge on any atom is -0.481 e. The minimum absolute atomic E-state index is 0.214. The number of hydrogen-bond acceptors (Lipinski definition) is 3. The second kappa shape index (κ2) is 4.96. The Morgan fingerprint density at radius 2 is 2.10 bits per heavy atom. The van der Waals surface area contributed by atoms with Crippen LogP contribution in [0.25, 0.3) is 0 Å². The molecule has 2 fully saturated rings. The van der Waals surface area contributed by atoms with Gasteiger partial charge >= 0.3 is 5.97 Å². The van der Waals surface area contributed by atoms with Gasteiger partial charge < -0.3 is 14.8 Å². The fourth-order valence-corrected chi connectivity index (χ4v) is 3.77. The first-order valence-corrected chi connectivity index (χ1v) is 7.22. The van der Waals surface area contributed by atoms with E-state index in [1.165, 1.54) is 0 Å². The summed E-state index contributed by atoms with van der Waals surface area (Å²) in [5, 5.41) is 12.2. The number of hydrogen-bond donors (Lipinski definition) is 2. The van der Waals surface area contributed by atoms with Crippen LogP contribution in [0.15, 0.2) is 16.5 Å². The monoisotopic (exact) mass is 277 g/mol. The molecule has 1 aromatic rings. The molecule has 2 bridgehead atoms. The number of carbonyl (C=O) groups excluding carboxylic acids is 1. The molecular weight excluding hydrogens is 258 g/mol. The Balaban J connectivity index is 1.73. The van der Waals surface area contributed by atoms with Gasteiger partial charge in [0.05, 0.1) is 5.92 Å². The van der Waals surface area contributed by atoms with Crippen LogP contribution < -0.4 is 5.32 Å². The maximum absolute atomic E-state index is 12.2. The Labute approximate surface area is 117 Å². The third-order valence-corrected chi connectivity index (χ3v) is 4.73. The second-order valence-electron chi connectivity index (χ2n) is 5.82. The van der Waals surface area contributed by atoms with Gasteiger partial charge in [-0.15, -0.1) is 0 Å². The molecule has 5 nitrogen and oxygen atoms in total. The standard InChI is InChI=1S/C15H19NO4/c1-2-10-5-6-11(20-10)14(17)16-13-9-4-3-8(7-9)12(13)15(18)19/h5-6,8-9,12-13H,2-4,7H2,1H3,(H,16,17)(H,18,19). The molecule has 0 radical (unpaired) electrons. The predicted octanol–water partition coefficient (Wildman–Crippen LogP) is 2.07. The van der Waals surface area contributed by atoms with Gasteiger partial charge in [0.25, 0.3) is 5.91 Å². The van der Waals surface area contributed by atoms with Crippen molar-refractivity contribution in [2.45, 2.75) is 38.6 Å². The van der Waals surface area contributed by atoms with Crippen molar-refractivity contribution in [3.63, 3.8) is 0 Å². The zero-order chi connectivity index (χ0) is 14.3. The fraction of sp³-hybridized carbons (Fsp3) is 0.600. The molecule has 1 heterocycles. The van der Waals surface area contributed by atoms with E-state index < -0.39 is 11.9 Å². The molecule has 0 saturated heterocycles. The summed E-state index contributed by atoms with van der Waals surface area (Å²) < 4.78 is 5.42. The van der Waals surface area contributed by atoms with Gasteiger partial charge in [0.15, 0.2) is 5.76 Å². The third-order valence-electron chi connectivity index (χ3n) is 4.73. The zero-order valence-electron chi connectivity index (χ0n) is 11.5. The first kappa shape index (κ1) is 13.2. The van der Waals surface area contributed by atoms with Crippen molar-refractivity contribution >= 4 is 11.9 Å². The summed E-state index contributed by atoms with van der Waals surface area (Å²) in [6.45, 7) is 1.96. The number of nitrogens with one attached hydrogen (secondary N) is 1. The molecule has 0 spiro atoms. The molecule has 2 aliphatic rings. The molecule has 20 heavy (non-hydrogen) atoms. The van der Waals surface area contributed by atoms with Crippen molar-refractivity contribution in [1.82, 2.24) is 5.32 Å². The first-order valence-electron chi connectivity index (χ1n) is 7.22. The maximum Gasteiger partial charge on any atom is 0.308 e. The number of aryl methyl sites for hydroxylation is 1. The molecule has 4 atom stereocenters. The number of carboxylic acids is 1. The molecule has 4 unspecified atom stereocenters. The van der Waals surface area contributed by atoms with Crippen molar-refractivity contribution in [2.24, 2.45) is 17.8 Å². The van der Waals surface area contributed by atoms with Crippen molar-refractivity contribution in [3.8, 4) is 0 Å². The lowest BCUT2D eigenvalue weighted by molar-refractivity contribution is -0.144. The van der Waals surface area contributed by atoms with Gasteiger partial charge in [0.2, 0.25) is 0 Å². The number of carboxylic acid groups (broad SMARTS) is 1. The molecule has 2 N–H and O–H groups in total. The van der Waals surface area contributed by atoms with Crippen molar-refractivity contribution in [3.05, 3.63) is 23.7 Å². The number of fused-ring (bicyclic) bond motifs is 2. The Kier molecular flexibility index (Phi) is 3.28. The summed E-state index contributed by atoms with van der Waals surface area (Å²) in [5.41, 5.74) is 0. The summed E-state index contributed by atoms with van der Waals surface area (Å²) >= 11 is 0. The van der Waals surface area contributed by atoms with Gasteiger partial charge in [-0.3, -0.25) is 9.59 Å². The largest absolute Gasteiger partial charge is 0.481 e. The zero-order valence-corrected chi connectivity index (χ0v) is 11.5. The van der Waals surface area contributed by atoms with Gasteiger partial charge in [0.1, 0.15) is 5.76 Å². The number of amides is 1. The molecule has 3 rings (SSSR count). The maximum atomic E-state index is 12.2. The Bertz CT molecular complexity index is 536. The van der Waals surface area contributed by atoms with Crippen molar-refractivity contribution in [1.29, 1.82) is 0 Å². The van der Waals surface area contributed by atoms with Gasteiger partial charge in [-0.05, 0) is 43.2 Å². The van der Waals surface area contributed by atoms with E-state index in [4.69, 9.17) is 4.42 Å². The lowest BCUT2D eigenvalue weighted by Crippen LogP contribution is -2.46. The summed E-state index contributed by atoms with van der Waals surface area (Å²) in [5.74, 6) is 0.00546. The highest BCUT2D eigenvalue weighted by Crippen LogP contribution is 2.48. The van der Waals surface area contributed by atoms with Gasteiger partial charge in [0, 0.05) is 12.5 Å². The molecule has 0 aromatic carbocycles. The van der Waals surface area contributed by atoms with E-state index in [9.17, 15) is 14.7 Å². The fourth-order valence-electron chi connectivity index (χ4n) is 3.77. The topological polar surface area (TPSA) is 79.5 Å². The molecule has 108 valence electrons. The van der Waals surface area contributed by atoms with Gasteiger partial charge in [-0.1, -0.05) is 6.92 Å². The van der Waals surface area contributed by atoms with E-state index in [2.05, 4.69) is 5.32 Å². The quantitative estimate of drug-likeness (QED) is 0.883. The normalized spacial score (nSPS) is 31.4. The Morgan fingerprint density at radius 1 is 1.35 bits per heavy atom. The molecule has 5 heteroatoms. The van der Waals surface area contributed by atoms with E-state index in [0.29, 0.717) is 5.92 Å². The van der Waals surface area contributed by atoms with Crippen LogP contribution in [0.4, 0.5) is 0 Å². The van der Waals surface area contributed by atoms with Crippen LogP contribution in [0.5, 0.6) is 0 Å². The Morgan fingerprint density at radius 3 is 2.75 bits per heavy atom. The summed E-state index contributed by atoms with van der Waals surface area (Å²) in [4.78, 5) is 23.6. The van der Waals surface area contributed by atoms with Crippen LogP contribution in [-0.4, -0.2) is 23.0 Å². The van der Waals surface area contributed by atoms with Crippen LogP contribution in [0.1, 0.15) is 42.5 Å².